The molecule has 0 spiro atoms. The fourth-order valence-corrected chi connectivity index (χ4v) is 2.37. The Kier molecular flexibility index (Phi) is 7.14. The second-order valence-corrected chi connectivity index (χ2v) is 6.70. The van der Waals surface area contributed by atoms with Gasteiger partial charge < -0.3 is 5.32 Å². The molecule has 0 bridgehead atoms. The second kappa shape index (κ2) is 8.36. The SMILES string of the molecule is CCC(C)C(C(=O)NCCC(C)Br)c1ccccc1. The van der Waals surface area contributed by atoms with Gasteiger partial charge in [0.2, 0.25) is 5.91 Å². The quantitative estimate of drug-likeness (QED) is 0.751. The van der Waals surface area contributed by atoms with Crippen LogP contribution < -0.4 is 5.32 Å². The molecule has 0 aliphatic heterocycles. The number of halogens is 1. The van der Waals surface area contributed by atoms with E-state index in [0.717, 1.165) is 24.9 Å². The van der Waals surface area contributed by atoms with Gasteiger partial charge in [0.05, 0.1) is 5.92 Å². The van der Waals surface area contributed by atoms with E-state index in [4.69, 9.17) is 0 Å². The summed E-state index contributed by atoms with van der Waals surface area (Å²) in [7, 11) is 0. The number of nitrogens with one attached hydrogen (secondary N) is 1. The van der Waals surface area contributed by atoms with E-state index < -0.39 is 0 Å². The highest BCUT2D eigenvalue weighted by Gasteiger charge is 2.25. The number of hydrogen-bond donors (Lipinski definition) is 1. The summed E-state index contributed by atoms with van der Waals surface area (Å²) in [5, 5.41) is 3.06. The van der Waals surface area contributed by atoms with Gasteiger partial charge in [0.1, 0.15) is 0 Å². The van der Waals surface area contributed by atoms with Crippen LogP contribution in [-0.2, 0) is 4.79 Å². The third-order valence-electron chi connectivity index (χ3n) is 3.50. The molecule has 1 aromatic rings. The van der Waals surface area contributed by atoms with Crippen molar-refractivity contribution in [3.05, 3.63) is 35.9 Å². The van der Waals surface area contributed by atoms with E-state index in [1.165, 1.54) is 0 Å². The zero-order valence-corrected chi connectivity index (χ0v) is 13.6. The summed E-state index contributed by atoms with van der Waals surface area (Å²) in [6, 6.07) is 10.1. The molecule has 1 amide bonds. The van der Waals surface area contributed by atoms with Crippen molar-refractivity contribution in [2.75, 3.05) is 6.54 Å². The Morgan fingerprint density at radius 1 is 1.26 bits per heavy atom. The van der Waals surface area contributed by atoms with Gasteiger partial charge in [-0.05, 0) is 17.9 Å². The number of carbonyl (C=O) groups excluding carboxylic acids is 1. The van der Waals surface area contributed by atoms with E-state index in [9.17, 15) is 4.79 Å². The average molecular weight is 326 g/mol. The molecule has 1 aromatic carbocycles. The average Bonchev–Trinajstić information content (AvgIpc) is 2.39. The Morgan fingerprint density at radius 3 is 2.42 bits per heavy atom. The Hall–Kier alpha value is -0.830. The maximum atomic E-state index is 12.4. The lowest BCUT2D eigenvalue weighted by atomic mass is 9.85. The largest absolute Gasteiger partial charge is 0.356 e. The zero-order valence-electron chi connectivity index (χ0n) is 12.0. The van der Waals surface area contributed by atoms with E-state index in [1.54, 1.807) is 0 Å². The molecular formula is C16H24BrNO. The molecule has 0 heterocycles. The highest BCUT2D eigenvalue weighted by Crippen LogP contribution is 2.27. The standard InChI is InChI=1S/C16H24BrNO/c1-4-12(2)15(14-8-6-5-7-9-14)16(19)18-11-10-13(3)17/h5-9,12-13,15H,4,10-11H2,1-3H3,(H,18,19). The molecule has 0 saturated carbocycles. The van der Waals surface area contributed by atoms with Gasteiger partial charge in [0.25, 0.3) is 0 Å². The predicted octanol–water partition coefficient (Wildman–Crippen LogP) is 4.11. The van der Waals surface area contributed by atoms with Crippen molar-refractivity contribution < 1.29 is 4.79 Å². The van der Waals surface area contributed by atoms with Crippen LogP contribution in [0.15, 0.2) is 30.3 Å². The number of amides is 1. The van der Waals surface area contributed by atoms with Gasteiger partial charge >= 0.3 is 0 Å². The van der Waals surface area contributed by atoms with Crippen LogP contribution in [0.25, 0.3) is 0 Å². The van der Waals surface area contributed by atoms with Crippen molar-refractivity contribution in [3.63, 3.8) is 0 Å². The molecule has 0 fully saturated rings. The highest BCUT2D eigenvalue weighted by molar-refractivity contribution is 9.09. The van der Waals surface area contributed by atoms with Gasteiger partial charge in [-0.2, -0.15) is 0 Å². The molecule has 0 aliphatic rings. The van der Waals surface area contributed by atoms with Crippen molar-refractivity contribution in [3.8, 4) is 0 Å². The van der Waals surface area contributed by atoms with Crippen LogP contribution in [0.4, 0.5) is 0 Å². The molecule has 1 rings (SSSR count). The topological polar surface area (TPSA) is 29.1 Å². The Labute approximate surface area is 125 Å². The molecule has 1 N–H and O–H groups in total. The van der Waals surface area contributed by atoms with Crippen LogP contribution in [0.3, 0.4) is 0 Å². The summed E-state index contributed by atoms with van der Waals surface area (Å²) >= 11 is 3.50. The van der Waals surface area contributed by atoms with Crippen molar-refractivity contribution in [2.24, 2.45) is 5.92 Å². The van der Waals surface area contributed by atoms with Gasteiger partial charge in [-0.1, -0.05) is 73.5 Å². The third kappa shape index (κ3) is 5.35. The zero-order chi connectivity index (χ0) is 14.3. The second-order valence-electron chi connectivity index (χ2n) is 5.13. The van der Waals surface area contributed by atoms with Crippen LogP contribution >= 0.6 is 15.9 Å². The van der Waals surface area contributed by atoms with Crippen molar-refractivity contribution >= 4 is 21.8 Å². The van der Waals surface area contributed by atoms with Crippen LogP contribution in [-0.4, -0.2) is 17.3 Å². The van der Waals surface area contributed by atoms with Crippen LogP contribution in [0, 0.1) is 5.92 Å². The molecule has 3 heteroatoms. The monoisotopic (exact) mass is 325 g/mol. The Balaban J connectivity index is 2.72. The van der Waals surface area contributed by atoms with Gasteiger partial charge in [-0.3, -0.25) is 4.79 Å². The van der Waals surface area contributed by atoms with Gasteiger partial charge in [-0.15, -0.1) is 0 Å². The first-order chi connectivity index (χ1) is 9.06. The lowest BCUT2D eigenvalue weighted by molar-refractivity contribution is -0.123. The van der Waals surface area contributed by atoms with Crippen LogP contribution in [0.5, 0.6) is 0 Å². The molecular weight excluding hydrogens is 302 g/mol. The first kappa shape index (κ1) is 16.2. The molecule has 0 aromatic heterocycles. The fourth-order valence-electron chi connectivity index (χ4n) is 2.14. The smallest absolute Gasteiger partial charge is 0.227 e. The maximum Gasteiger partial charge on any atom is 0.227 e. The molecule has 0 radical (unpaired) electrons. The summed E-state index contributed by atoms with van der Waals surface area (Å²) in [5.74, 6) is 0.453. The van der Waals surface area contributed by atoms with E-state index in [1.807, 2.05) is 30.3 Å². The first-order valence-electron chi connectivity index (χ1n) is 7.03. The number of benzene rings is 1. The number of rotatable bonds is 7. The molecule has 2 nitrogen and oxygen atoms in total. The van der Waals surface area contributed by atoms with Crippen LogP contribution in [0.2, 0.25) is 0 Å². The molecule has 0 saturated heterocycles. The Bertz CT molecular complexity index is 378. The summed E-state index contributed by atoms with van der Waals surface area (Å²) in [6.45, 7) is 7.10. The fraction of sp³-hybridized carbons (Fsp3) is 0.562. The minimum Gasteiger partial charge on any atom is -0.356 e. The third-order valence-corrected chi connectivity index (χ3v) is 3.95. The first-order valence-corrected chi connectivity index (χ1v) is 7.94. The minimum absolute atomic E-state index is 0.0446. The molecule has 106 valence electrons. The summed E-state index contributed by atoms with van der Waals surface area (Å²) < 4.78 is 0. The van der Waals surface area contributed by atoms with E-state index in [-0.39, 0.29) is 11.8 Å². The number of carbonyl (C=O) groups is 1. The van der Waals surface area contributed by atoms with Gasteiger partial charge in [-0.25, -0.2) is 0 Å². The molecule has 19 heavy (non-hydrogen) atoms. The number of hydrogen-bond acceptors (Lipinski definition) is 1. The molecule has 3 atom stereocenters. The number of alkyl halides is 1. The normalized spacial score (nSPS) is 15.6. The van der Waals surface area contributed by atoms with Gasteiger partial charge in [0.15, 0.2) is 0 Å². The van der Waals surface area contributed by atoms with E-state index >= 15 is 0 Å². The Morgan fingerprint density at radius 2 is 1.89 bits per heavy atom. The summed E-state index contributed by atoms with van der Waals surface area (Å²) in [6.07, 6.45) is 1.95. The molecule has 0 aliphatic carbocycles. The van der Waals surface area contributed by atoms with E-state index in [2.05, 4.69) is 42.0 Å². The highest BCUT2D eigenvalue weighted by atomic mass is 79.9. The van der Waals surface area contributed by atoms with Crippen molar-refractivity contribution in [1.29, 1.82) is 0 Å². The van der Waals surface area contributed by atoms with Crippen molar-refractivity contribution in [1.82, 2.24) is 5.32 Å². The maximum absolute atomic E-state index is 12.4. The minimum atomic E-state index is -0.0446. The lowest BCUT2D eigenvalue weighted by Crippen LogP contribution is -2.33. The van der Waals surface area contributed by atoms with Crippen LogP contribution in [0.1, 0.15) is 45.1 Å². The van der Waals surface area contributed by atoms with Crippen molar-refractivity contribution in [2.45, 2.75) is 44.4 Å². The van der Waals surface area contributed by atoms with E-state index in [0.29, 0.717) is 10.7 Å². The summed E-state index contributed by atoms with van der Waals surface area (Å²) in [5.41, 5.74) is 1.11. The van der Waals surface area contributed by atoms with Gasteiger partial charge in [0, 0.05) is 11.4 Å². The lowest BCUT2D eigenvalue weighted by Gasteiger charge is -2.23. The molecule has 3 unspecified atom stereocenters. The predicted molar refractivity (Wildman–Crippen MR) is 84.7 cm³/mol. The summed E-state index contributed by atoms with van der Waals surface area (Å²) in [4.78, 5) is 12.8.